The van der Waals surface area contributed by atoms with E-state index in [-0.39, 0.29) is 12.6 Å². The Hall–Kier alpha value is -3.16. The third-order valence-electron chi connectivity index (χ3n) is 4.18. The number of nitrogens with zero attached hydrogens (tertiary/aromatic N) is 3. The summed E-state index contributed by atoms with van der Waals surface area (Å²) in [5.41, 5.74) is 5.88. The number of aromatic nitrogens is 3. The Kier molecular flexibility index (Phi) is 9.42. The first-order chi connectivity index (χ1) is 14.4. The first-order valence-electron chi connectivity index (χ1n) is 9.23. The second kappa shape index (κ2) is 11.3. The number of pyridine rings is 1. The highest BCUT2D eigenvalue weighted by atomic mass is 19.1. The Balaban J connectivity index is 0.000000407. The molecule has 2 aromatic rings. The third-order valence-corrected chi connectivity index (χ3v) is 4.18. The van der Waals surface area contributed by atoms with Gasteiger partial charge in [-0.25, -0.2) is 23.9 Å². The number of aliphatic carboxylic acids is 2. The van der Waals surface area contributed by atoms with Crippen LogP contribution in [0.15, 0.2) is 12.3 Å². The highest BCUT2D eigenvalue weighted by Crippen LogP contribution is 2.25. The number of rotatable bonds is 9. The standard InChI is InChI=1S/C14H20FN5O.C4H6O6/c1-3-4-5-14(2,8-21)20-12-11-10(18-13(16)19-12)6-9(15)7-17-11;5-1(3(7)8)2(6)4(9)10/h6-7,21H,3-5,8H2,1-2H3,(H3,16,18,19,20);1-2,5-6H,(H,7,8)(H,9,10). The number of carbonyl (C=O) groups is 2. The number of carboxylic acids is 2. The van der Waals surface area contributed by atoms with Crippen LogP contribution in [-0.4, -0.2) is 76.8 Å². The van der Waals surface area contributed by atoms with Crippen LogP contribution in [0.3, 0.4) is 0 Å². The molecule has 2 heterocycles. The molecular formula is C18H26FN5O7. The molecule has 3 atom stereocenters. The fraction of sp³-hybridized carbons (Fsp3) is 0.500. The first kappa shape index (κ1) is 25.9. The van der Waals surface area contributed by atoms with E-state index in [1.165, 1.54) is 6.07 Å². The average molecular weight is 443 g/mol. The summed E-state index contributed by atoms with van der Waals surface area (Å²) in [5, 5.41) is 45.3. The number of nitrogens with one attached hydrogen (secondary N) is 1. The Morgan fingerprint density at radius 3 is 2.29 bits per heavy atom. The van der Waals surface area contributed by atoms with Crippen LogP contribution in [-0.2, 0) is 9.59 Å². The smallest absolute Gasteiger partial charge is 0.335 e. The quantitative estimate of drug-likeness (QED) is 0.272. The lowest BCUT2D eigenvalue weighted by Gasteiger charge is -2.29. The van der Waals surface area contributed by atoms with Gasteiger partial charge in [0.05, 0.1) is 23.9 Å². The summed E-state index contributed by atoms with van der Waals surface area (Å²) in [6, 6.07) is 1.26. The molecule has 0 radical (unpaired) electrons. The number of hydrogen-bond acceptors (Lipinski definition) is 10. The molecule has 0 saturated carbocycles. The van der Waals surface area contributed by atoms with E-state index in [1.54, 1.807) is 0 Å². The molecule has 0 bridgehead atoms. The molecule has 12 nitrogen and oxygen atoms in total. The maximum Gasteiger partial charge on any atom is 0.335 e. The van der Waals surface area contributed by atoms with E-state index >= 15 is 0 Å². The van der Waals surface area contributed by atoms with Gasteiger partial charge in [-0.2, -0.15) is 4.98 Å². The van der Waals surface area contributed by atoms with E-state index in [4.69, 9.17) is 26.2 Å². The Labute approximate surface area is 176 Å². The van der Waals surface area contributed by atoms with Crippen molar-refractivity contribution < 1.29 is 39.5 Å². The number of nitrogen functional groups attached to an aromatic ring is 1. The number of aliphatic hydroxyl groups excluding tert-OH is 3. The summed E-state index contributed by atoms with van der Waals surface area (Å²) < 4.78 is 13.2. The topological polar surface area (TPSA) is 212 Å². The molecule has 0 spiro atoms. The van der Waals surface area contributed by atoms with Gasteiger partial charge in [-0.05, 0) is 13.3 Å². The number of fused-ring (bicyclic) bond motifs is 1. The highest BCUT2D eigenvalue weighted by molar-refractivity contribution is 5.86. The molecule has 3 unspecified atom stereocenters. The molecule has 0 saturated heterocycles. The van der Waals surface area contributed by atoms with Crippen LogP contribution in [0.2, 0.25) is 0 Å². The van der Waals surface area contributed by atoms with Crippen LogP contribution < -0.4 is 11.1 Å². The minimum Gasteiger partial charge on any atom is -0.479 e. The molecule has 8 N–H and O–H groups in total. The van der Waals surface area contributed by atoms with Crippen LogP contribution >= 0.6 is 0 Å². The van der Waals surface area contributed by atoms with Gasteiger partial charge < -0.3 is 36.6 Å². The summed E-state index contributed by atoms with van der Waals surface area (Å²) in [7, 11) is 0. The molecule has 13 heteroatoms. The van der Waals surface area contributed by atoms with E-state index < -0.39 is 35.5 Å². The third kappa shape index (κ3) is 7.55. The van der Waals surface area contributed by atoms with Gasteiger partial charge >= 0.3 is 11.9 Å². The van der Waals surface area contributed by atoms with Gasteiger partial charge in [0.15, 0.2) is 18.0 Å². The zero-order valence-corrected chi connectivity index (χ0v) is 17.0. The van der Waals surface area contributed by atoms with Gasteiger partial charge in [0.25, 0.3) is 0 Å². The van der Waals surface area contributed by atoms with Crippen molar-refractivity contribution in [2.45, 2.75) is 50.9 Å². The van der Waals surface area contributed by atoms with Crippen molar-refractivity contribution in [1.82, 2.24) is 15.0 Å². The largest absolute Gasteiger partial charge is 0.479 e. The summed E-state index contributed by atoms with van der Waals surface area (Å²) in [6.07, 6.45) is -0.671. The van der Waals surface area contributed by atoms with Crippen molar-refractivity contribution in [3.63, 3.8) is 0 Å². The maximum absolute atomic E-state index is 13.2. The molecule has 2 aromatic heterocycles. The molecule has 0 fully saturated rings. The average Bonchev–Trinajstić information content (AvgIpc) is 2.70. The minimum atomic E-state index is -2.27. The van der Waals surface area contributed by atoms with E-state index in [0.29, 0.717) is 16.9 Å². The number of carboxylic acid groups (broad SMARTS) is 2. The molecule has 2 rings (SSSR count). The molecule has 31 heavy (non-hydrogen) atoms. The molecule has 0 aliphatic carbocycles. The summed E-state index contributed by atoms with van der Waals surface area (Å²) in [5.74, 6) is -3.58. The fourth-order valence-electron chi connectivity index (χ4n) is 2.40. The van der Waals surface area contributed by atoms with E-state index in [9.17, 15) is 19.1 Å². The molecule has 0 aromatic carbocycles. The molecule has 0 aliphatic rings. The minimum absolute atomic E-state index is 0.0354. The Morgan fingerprint density at radius 2 is 1.81 bits per heavy atom. The Morgan fingerprint density at radius 1 is 1.23 bits per heavy atom. The second-order valence-corrected chi connectivity index (χ2v) is 6.97. The summed E-state index contributed by atoms with van der Waals surface area (Å²) in [6.45, 7) is 3.93. The summed E-state index contributed by atoms with van der Waals surface area (Å²) in [4.78, 5) is 31.7. The maximum atomic E-state index is 13.2. The van der Waals surface area contributed by atoms with Gasteiger partial charge in [0, 0.05) is 6.07 Å². The van der Waals surface area contributed by atoms with E-state index in [2.05, 4.69) is 27.2 Å². The van der Waals surface area contributed by atoms with Gasteiger partial charge in [-0.15, -0.1) is 0 Å². The van der Waals surface area contributed by atoms with Gasteiger partial charge in [0.1, 0.15) is 11.3 Å². The SMILES string of the molecule is CCCCC(C)(CO)Nc1nc(N)nc2cc(F)cnc12.O=C(O)C(O)C(O)C(=O)O. The van der Waals surface area contributed by atoms with Crippen LogP contribution in [0.1, 0.15) is 33.1 Å². The molecular weight excluding hydrogens is 417 g/mol. The second-order valence-electron chi connectivity index (χ2n) is 6.97. The van der Waals surface area contributed by atoms with E-state index in [1.807, 2.05) is 6.92 Å². The first-order valence-corrected chi connectivity index (χ1v) is 9.23. The van der Waals surface area contributed by atoms with Crippen molar-refractivity contribution in [2.75, 3.05) is 17.7 Å². The lowest BCUT2D eigenvalue weighted by atomic mass is 9.96. The normalized spacial score (nSPS) is 14.6. The number of nitrogens with two attached hydrogens (primary N) is 1. The summed E-state index contributed by atoms with van der Waals surface area (Å²) >= 11 is 0. The van der Waals surface area contributed by atoms with Crippen LogP contribution in [0.25, 0.3) is 11.0 Å². The van der Waals surface area contributed by atoms with Crippen molar-refractivity contribution in [1.29, 1.82) is 0 Å². The number of hydrogen-bond donors (Lipinski definition) is 7. The zero-order valence-electron chi connectivity index (χ0n) is 17.0. The van der Waals surface area contributed by atoms with Crippen LogP contribution in [0.4, 0.5) is 16.2 Å². The van der Waals surface area contributed by atoms with Crippen LogP contribution in [0, 0.1) is 5.82 Å². The number of anilines is 2. The van der Waals surface area contributed by atoms with Crippen molar-refractivity contribution in [3.8, 4) is 0 Å². The van der Waals surface area contributed by atoms with Gasteiger partial charge in [-0.1, -0.05) is 19.8 Å². The predicted molar refractivity (Wildman–Crippen MR) is 108 cm³/mol. The lowest BCUT2D eigenvalue weighted by molar-refractivity contribution is -0.165. The van der Waals surface area contributed by atoms with Crippen molar-refractivity contribution in [3.05, 3.63) is 18.1 Å². The number of halogens is 1. The van der Waals surface area contributed by atoms with Crippen molar-refractivity contribution in [2.24, 2.45) is 0 Å². The lowest BCUT2D eigenvalue weighted by Crippen LogP contribution is -2.39. The zero-order chi connectivity index (χ0) is 23.8. The van der Waals surface area contributed by atoms with Gasteiger partial charge in [-0.3, -0.25) is 0 Å². The fourth-order valence-corrected chi connectivity index (χ4v) is 2.40. The van der Waals surface area contributed by atoms with Gasteiger partial charge in [0.2, 0.25) is 5.95 Å². The number of unbranched alkanes of at least 4 members (excludes halogenated alkanes) is 1. The monoisotopic (exact) mass is 443 g/mol. The highest BCUT2D eigenvalue weighted by Gasteiger charge is 2.29. The van der Waals surface area contributed by atoms with Crippen molar-refractivity contribution >= 4 is 34.7 Å². The Bertz CT molecular complexity index is 893. The molecule has 0 aliphatic heterocycles. The molecule has 0 amide bonds. The van der Waals surface area contributed by atoms with Crippen LogP contribution in [0.5, 0.6) is 0 Å². The number of aliphatic hydroxyl groups is 3. The predicted octanol–water partition coefficient (Wildman–Crippen LogP) is -0.0234. The molecule has 172 valence electrons. The van der Waals surface area contributed by atoms with E-state index in [0.717, 1.165) is 25.5 Å².